The molecule has 1 heterocycles. The summed E-state index contributed by atoms with van der Waals surface area (Å²) in [5, 5.41) is 8.15. The molecule has 2 nitrogen and oxygen atoms in total. The van der Waals surface area contributed by atoms with Crippen molar-refractivity contribution in [2.75, 3.05) is 5.01 Å². The summed E-state index contributed by atoms with van der Waals surface area (Å²) in [6.45, 7) is 0. The number of hydrogen-bond donors (Lipinski definition) is 0. The van der Waals surface area contributed by atoms with Crippen molar-refractivity contribution in [3.8, 4) is 0 Å². The van der Waals surface area contributed by atoms with E-state index in [1.807, 2.05) is 35.3 Å². The molecule has 0 spiro atoms. The Kier molecular flexibility index (Phi) is 5.09. The largest absolute Gasteiger partial charge is 0.257 e. The van der Waals surface area contributed by atoms with Crippen molar-refractivity contribution in [3.05, 3.63) is 98.7 Å². The van der Waals surface area contributed by atoms with E-state index in [0.29, 0.717) is 32.8 Å². The lowest BCUT2D eigenvalue weighted by Crippen LogP contribution is -2.18. The van der Waals surface area contributed by atoms with Crippen molar-refractivity contribution >= 4 is 46.2 Å². The standard InChI is InChI=1S/C21H14Cl3FN2/c22-14-7-5-13(6-8-14)21-12-20(16-3-1-2-4-19(16)25)26-27(21)15-9-10-17(23)18(24)11-15/h1-11,21H,12H2. The van der Waals surface area contributed by atoms with Gasteiger partial charge in [0.2, 0.25) is 0 Å². The molecule has 1 atom stereocenters. The molecule has 0 bridgehead atoms. The molecular weight excluding hydrogens is 406 g/mol. The minimum atomic E-state index is -0.290. The van der Waals surface area contributed by atoms with Gasteiger partial charge in [0.15, 0.2) is 0 Å². The van der Waals surface area contributed by atoms with E-state index in [1.54, 1.807) is 30.3 Å². The van der Waals surface area contributed by atoms with E-state index in [2.05, 4.69) is 0 Å². The van der Waals surface area contributed by atoms with Crippen molar-refractivity contribution in [3.63, 3.8) is 0 Å². The van der Waals surface area contributed by atoms with Crippen molar-refractivity contribution in [2.45, 2.75) is 12.5 Å². The van der Waals surface area contributed by atoms with Crippen LogP contribution in [0.2, 0.25) is 15.1 Å². The fourth-order valence-electron chi connectivity index (χ4n) is 3.18. The van der Waals surface area contributed by atoms with Gasteiger partial charge in [-0.3, -0.25) is 5.01 Å². The maximum atomic E-state index is 14.3. The Bertz CT molecular complexity index is 1020. The molecule has 0 radical (unpaired) electrons. The Morgan fingerprint density at radius 3 is 2.33 bits per heavy atom. The van der Waals surface area contributed by atoms with Crippen LogP contribution in [0.5, 0.6) is 0 Å². The first-order valence-corrected chi connectivity index (χ1v) is 9.48. The second kappa shape index (κ2) is 7.51. The Balaban J connectivity index is 1.79. The lowest BCUT2D eigenvalue weighted by atomic mass is 9.98. The SMILES string of the molecule is Fc1ccccc1C1=NN(c2ccc(Cl)c(Cl)c2)C(c2ccc(Cl)cc2)C1. The summed E-state index contributed by atoms with van der Waals surface area (Å²) in [5.41, 5.74) is 2.99. The molecule has 0 N–H and O–H groups in total. The van der Waals surface area contributed by atoms with Crippen LogP contribution in [0.25, 0.3) is 0 Å². The van der Waals surface area contributed by atoms with E-state index >= 15 is 0 Å². The van der Waals surface area contributed by atoms with Gasteiger partial charge in [0, 0.05) is 17.0 Å². The lowest BCUT2D eigenvalue weighted by Gasteiger charge is -2.24. The van der Waals surface area contributed by atoms with Gasteiger partial charge in [-0.1, -0.05) is 65.1 Å². The molecule has 1 aliphatic heterocycles. The number of benzene rings is 3. The topological polar surface area (TPSA) is 15.6 Å². The molecule has 136 valence electrons. The van der Waals surface area contributed by atoms with Crippen LogP contribution in [-0.4, -0.2) is 5.71 Å². The Hall–Kier alpha value is -2.07. The molecule has 0 aliphatic carbocycles. The van der Waals surface area contributed by atoms with Crippen molar-refractivity contribution in [1.29, 1.82) is 0 Å². The average molecular weight is 420 g/mol. The zero-order chi connectivity index (χ0) is 19.0. The molecule has 1 unspecified atom stereocenters. The average Bonchev–Trinajstić information content (AvgIpc) is 3.10. The number of rotatable bonds is 3. The van der Waals surface area contributed by atoms with E-state index in [0.717, 1.165) is 11.3 Å². The maximum Gasteiger partial charge on any atom is 0.132 e. The normalized spacial score (nSPS) is 16.5. The second-order valence-electron chi connectivity index (χ2n) is 6.24. The van der Waals surface area contributed by atoms with E-state index in [9.17, 15) is 4.39 Å². The molecule has 27 heavy (non-hydrogen) atoms. The quantitative estimate of drug-likeness (QED) is 0.440. The van der Waals surface area contributed by atoms with Crippen LogP contribution in [-0.2, 0) is 0 Å². The molecule has 3 aromatic rings. The number of hydrogen-bond acceptors (Lipinski definition) is 2. The van der Waals surface area contributed by atoms with Gasteiger partial charge in [-0.2, -0.15) is 5.10 Å². The van der Waals surface area contributed by atoms with Gasteiger partial charge in [-0.05, 0) is 42.0 Å². The second-order valence-corrected chi connectivity index (χ2v) is 7.49. The third-order valence-corrected chi connectivity index (χ3v) is 5.51. The zero-order valence-corrected chi connectivity index (χ0v) is 16.3. The minimum Gasteiger partial charge on any atom is -0.257 e. The van der Waals surface area contributed by atoms with Crippen LogP contribution >= 0.6 is 34.8 Å². The number of anilines is 1. The molecule has 0 amide bonds. The first-order valence-electron chi connectivity index (χ1n) is 8.35. The first-order chi connectivity index (χ1) is 13.0. The third-order valence-electron chi connectivity index (χ3n) is 4.52. The molecular formula is C21H14Cl3FN2. The highest BCUT2D eigenvalue weighted by Gasteiger charge is 2.31. The number of halogens is 4. The minimum absolute atomic E-state index is 0.103. The summed E-state index contributed by atoms with van der Waals surface area (Å²) >= 11 is 18.3. The molecule has 0 fully saturated rings. The fraction of sp³-hybridized carbons (Fsp3) is 0.0952. The van der Waals surface area contributed by atoms with Crippen molar-refractivity contribution in [1.82, 2.24) is 0 Å². The van der Waals surface area contributed by atoms with Gasteiger partial charge in [-0.25, -0.2) is 4.39 Å². The van der Waals surface area contributed by atoms with Crippen LogP contribution < -0.4 is 5.01 Å². The van der Waals surface area contributed by atoms with E-state index in [-0.39, 0.29) is 11.9 Å². The van der Waals surface area contributed by atoms with Crippen LogP contribution in [0, 0.1) is 5.82 Å². The molecule has 1 aliphatic rings. The van der Waals surface area contributed by atoms with Gasteiger partial charge in [0.05, 0.1) is 27.5 Å². The molecule has 0 aromatic heterocycles. The van der Waals surface area contributed by atoms with E-state index in [4.69, 9.17) is 39.9 Å². The zero-order valence-electron chi connectivity index (χ0n) is 14.0. The summed E-state index contributed by atoms with van der Waals surface area (Å²) in [4.78, 5) is 0. The highest BCUT2D eigenvalue weighted by Crippen LogP contribution is 2.39. The summed E-state index contributed by atoms with van der Waals surface area (Å²) in [7, 11) is 0. The summed E-state index contributed by atoms with van der Waals surface area (Å²) < 4.78 is 14.3. The van der Waals surface area contributed by atoms with Crippen LogP contribution in [0.4, 0.5) is 10.1 Å². The predicted octanol–water partition coefficient (Wildman–Crippen LogP) is 7.14. The third kappa shape index (κ3) is 3.68. The Labute approximate surface area is 171 Å². The fourth-order valence-corrected chi connectivity index (χ4v) is 3.60. The Morgan fingerprint density at radius 1 is 0.889 bits per heavy atom. The Morgan fingerprint density at radius 2 is 1.63 bits per heavy atom. The van der Waals surface area contributed by atoms with E-state index < -0.39 is 0 Å². The molecule has 0 saturated carbocycles. The van der Waals surface area contributed by atoms with Crippen LogP contribution in [0.15, 0.2) is 71.8 Å². The van der Waals surface area contributed by atoms with Crippen molar-refractivity contribution < 1.29 is 4.39 Å². The maximum absolute atomic E-state index is 14.3. The summed E-state index contributed by atoms with van der Waals surface area (Å²) in [5.74, 6) is -0.290. The lowest BCUT2D eigenvalue weighted by molar-refractivity contribution is 0.624. The predicted molar refractivity (Wildman–Crippen MR) is 111 cm³/mol. The highest BCUT2D eigenvalue weighted by molar-refractivity contribution is 6.42. The summed E-state index contributed by atoms with van der Waals surface area (Å²) in [6, 6.07) is 19.5. The first kappa shape index (κ1) is 18.3. The smallest absolute Gasteiger partial charge is 0.132 e. The number of hydrazone groups is 1. The van der Waals surface area contributed by atoms with Gasteiger partial charge < -0.3 is 0 Å². The molecule has 6 heteroatoms. The van der Waals surface area contributed by atoms with Gasteiger partial charge in [-0.15, -0.1) is 0 Å². The highest BCUT2D eigenvalue weighted by atomic mass is 35.5. The number of nitrogens with zero attached hydrogens (tertiary/aromatic N) is 2. The van der Waals surface area contributed by atoms with Gasteiger partial charge >= 0.3 is 0 Å². The summed E-state index contributed by atoms with van der Waals surface area (Å²) in [6.07, 6.45) is 0.558. The molecule has 3 aromatic carbocycles. The van der Waals surface area contributed by atoms with E-state index in [1.165, 1.54) is 6.07 Å². The molecule has 0 saturated heterocycles. The molecule has 4 rings (SSSR count). The van der Waals surface area contributed by atoms with Crippen molar-refractivity contribution in [2.24, 2.45) is 5.10 Å². The van der Waals surface area contributed by atoms with Crippen LogP contribution in [0.1, 0.15) is 23.6 Å². The van der Waals surface area contributed by atoms with Gasteiger partial charge in [0.25, 0.3) is 0 Å². The van der Waals surface area contributed by atoms with Crippen LogP contribution in [0.3, 0.4) is 0 Å². The monoisotopic (exact) mass is 418 g/mol. The van der Waals surface area contributed by atoms with Gasteiger partial charge in [0.1, 0.15) is 5.82 Å².